The summed E-state index contributed by atoms with van der Waals surface area (Å²) in [5.41, 5.74) is 2.19. The molecule has 2 heterocycles. The van der Waals surface area contributed by atoms with Crippen molar-refractivity contribution in [3.63, 3.8) is 0 Å². The molecule has 0 radical (unpaired) electrons. The lowest BCUT2D eigenvalue weighted by Crippen LogP contribution is -3.15. The van der Waals surface area contributed by atoms with E-state index < -0.39 is 0 Å². The molecule has 1 saturated heterocycles. The van der Waals surface area contributed by atoms with Gasteiger partial charge in [0.25, 0.3) is 0 Å². The fourth-order valence-corrected chi connectivity index (χ4v) is 3.27. The Labute approximate surface area is 153 Å². The van der Waals surface area contributed by atoms with E-state index in [1.807, 2.05) is 18.3 Å². The second kappa shape index (κ2) is 8.87. The number of rotatable bonds is 5. The maximum Gasteiger partial charge on any atom is 0.169 e. The van der Waals surface area contributed by atoms with Crippen molar-refractivity contribution in [1.82, 2.24) is 15.2 Å². The Bertz CT molecular complexity index is 670. The molecule has 25 heavy (non-hydrogen) atoms. The summed E-state index contributed by atoms with van der Waals surface area (Å²) in [7, 11) is 0. The number of pyridine rings is 1. The summed E-state index contributed by atoms with van der Waals surface area (Å²) < 4.78 is 12.9. The van der Waals surface area contributed by atoms with Gasteiger partial charge in [0.05, 0.1) is 32.7 Å². The van der Waals surface area contributed by atoms with Gasteiger partial charge in [-0.3, -0.25) is 4.98 Å². The number of quaternary nitrogens is 1. The minimum absolute atomic E-state index is 0.212. The van der Waals surface area contributed by atoms with E-state index in [1.165, 1.54) is 12.1 Å². The Hall–Kier alpha value is -2.05. The van der Waals surface area contributed by atoms with Crippen molar-refractivity contribution in [2.45, 2.75) is 13.0 Å². The minimum Gasteiger partial charge on any atom is -0.358 e. The number of hydrogen-bond acceptors (Lipinski definition) is 2. The van der Waals surface area contributed by atoms with Gasteiger partial charge in [-0.05, 0) is 42.0 Å². The third-order valence-electron chi connectivity index (χ3n) is 4.58. The van der Waals surface area contributed by atoms with Crippen LogP contribution in [0.5, 0.6) is 0 Å². The molecule has 0 amide bonds. The molecule has 0 aliphatic carbocycles. The zero-order valence-corrected chi connectivity index (χ0v) is 15.1. The molecule has 1 aromatic carbocycles. The molecule has 1 aromatic heterocycles. The summed E-state index contributed by atoms with van der Waals surface area (Å²) >= 11 is 5.50. The molecule has 3 rings (SSSR count). The predicted molar refractivity (Wildman–Crippen MR) is 101 cm³/mol. The Morgan fingerprint density at radius 1 is 1.16 bits per heavy atom. The fourth-order valence-electron chi connectivity index (χ4n) is 3.02. The van der Waals surface area contributed by atoms with Crippen molar-refractivity contribution in [3.05, 3.63) is 65.7 Å². The van der Waals surface area contributed by atoms with Crippen molar-refractivity contribution in [2.24, 2.45) is 0 Å². The van der Waals surface area contributed by atoms with Crippen LogP contribution in [0.2, 0.25) is 0 Å². The van der Waals surface area contributed by atoms with Gasteiger partial charge in [0, 0.05) is 24.9 Å². The van der Waals surface area contributed by atoms with Crippen molar-refractivity contribution >= 4 is 17.3 Å². The van der Waals surface area contributed by atoms with Gasteiger partial charge in [-0.25, -0.2) is 4.39 Å². The van der Waals surface area contributed by atoms with Crippen LogP contribution in [0.1, 0.15) is 11.3 Å². The lowest BCUT2D eigenvalue weighted by molar-refractivity contribution is -0.903. The topological polar surface area (TPSA) is 32.6 Å². The molecule has 2 N–H and O–H groups in total. The molecule has 0 atom stereocenters. The molecule has 132 valence electrons. The Balaban J connectivity index is 1.38. The maximum absolute atomic E-state index is 12.9. The average Bonchev–Trinajstić information content (AvgIpc) is 2.67. The first-order chi connectivity index (χ1) is 12.2. The lowest BCUT2D eigenvalue weighted by atomic mass is 10.2. The Morgan fingerprint density at radius 2 is 1.92 bits per heavy atom. The second-order valence-corrected chi connectivity index (χ2v) is 6.73. The maximum atomic E-state index is 12.9. The van der Waals surface area contributed by atoms with Crippen LogP contribution in [0.3, 0.4) is 0 Å². The number of hydrogen-bond donors (Lipinski definition) is 2. The molecule has 2 aromatic rings. The lowest BCUT2D eigenvalue weighted by Gasteiger charge is -2.33. The average molecular weight is 359 g/mol. The first kappa shape index (κ1) is 17.8. The van der Waals surface area contributed by atoms with Gasteiger partial charge in [0.15, 0.2) is 5.11 Å². The van der Waals surface area contributed by atoms with E-state index in [0.29, 0.717) is 6.54 Å². The fraction of sp³-hybridized carbons (Fsp3) is 0.368. The van der Waals surface area contributed by atoms with Gasteiger partial charge in [-0.1, -0.05) is 18.2 Å². The molecule has 0 unspecified atom stereocenters. The minimum atomic E-state index is -0.212. The number of nitrogens with one attached hydrogen (secondary N) is 2. The molecule has 6 heteroatoms. The number of halogens is 1. The van der Waals surface area contributed by atoms with Crippen molar-refractivity contribution in [1.29, 1.82) is 0 Å². The van der Waals surface area contributed by atoms with Crippen LogP contribution in [-0.4, -0.2) is 47.7 Å². The molecule has 1 fully saturated rings. The van der Waals surface area contributed by atoms with E-state index in [1.54, 1.807) is 17.0 Å². The smallest absolute Gasteiger partial charge is 0.169 e. The highest BCUT2D eigenvalue weighted by Crippen LogP contribution is 2.03. The van der Waals surface area contributed by atoms with Gasteiger partial charge in [0.1, 0.15) is 5.82 Å². The molecular weight excluding hydrogens is 335 g/mol. The quantitative estimate of drug-likeness (QED) is 0.782. The van der Waals surface area contributed by atoms with Crippen LogP contribution in [0.25, 0.3) is 0 Å². The molecule has 0 bridgehead atoms. The third kappa shape index (κ3) is 5.47. The third-order valence-corrected chi connectivity index (χ3v) is 4.98. The highest BCUT2D eigenvalue weighted by atomic mass is 32.1. The first-order valence-electron chi connectivity index (χ1n) is 8.71. The van der Waals surface area contributed by atoms with Gasteiger partial charge in [-0.2, -0.15) is 0 Å². The van der Waals surface area contributed by atoms with Crippen molar-refractivity contribution in [3.8, 4) is 0 Å². The summed E-state index contributed by atoms with van der Waals surface area (Å²) in [6, 6.07) is 12.6. The SMILES string of the molecule is Fc1ccc(CNC(=S)N2CC[NH+](CCc3ccccn3)CC2)cc1. The van der Waals surface area contributed by atoms with Gasteiger partial charge < -0.3 is 15.1 Å². The second-order valence-electron chi connectivity index (χ2n) is 6.34. The van der Waals surface area contributed by atoms with E-state index in [2.05, 4.69) is 21.3 Å². The number of benzene rings is 1. The molecule has 1 aliphatic heterocycles. The molecule has 1 aliphatic rings. The predicted octanol–water partition coefficient (Wildman–Crippen LogP) is 1.04. The molecule has 0 saturated carbocycles. The highest BCUT2D eigenvalue weighted by molar-refractivity contribution is 7.80. The van der Waals surface area contributed by atoms with Crippen LogP contribution in [-0.2, 0) is 13.0 Å². The summed E-state index contributed by atoms with van der Waals surface area (Å²) in [5.74, 6) is -0.212. The van der Waals surface area contributed by atoms with Gasteiger partial charge >= 0.3 is 0 Å². The van der Waals surface area contributed by atoms with Gasteiger partial charge in [-0.15, -0.1) is 0 Å². The monoisotopic (exact) mass is 359 g/mol. The zero-order chi connectivity index (χ0) is 17.5. The molecule has 0 spiro atoms. The van der Waals surface area contributed by atoms with Crippen LogP contribution >= 0.6 is 12.2 Å². The number of aromatic nitrogens is 1. The van der Waals surface area contributed by atoms with E-state index in [-0.39, 0.29) is 5.82 Å². The molecule has 4 nitrogen and oxygen atoms in total. The van der Waals surface area contributed by atoms with Crippen molar-refractivity contribution < 1.29 is 9.29 Å². The Kier molecular flexibility index (Phi) is 6.30. The summed E-state index contributed by atoms with van der Waals surface area (Å²) in [6.07, 6.45) is 2.87. The van der Waals surface area contributed by atoms with Crippen molar-refractivity contribution in [2.75, 3.05) is 32.7 Å². The Morgan fingerprint density at radius 3 is 2.60 bits per heavy atom. The van der Waals surface area contributed by atoms with Crippen LogP contribution in [0.4, 0.5) is 4.39 Å². The summed E-state index contributed by atoms with van der Waals surface area (Å²) in [6.45, 7) is 5.85. The number of nitrogens with zero attached hydrogens (tertiary/aromatic N) is 2. The van der Waals surface area contributed by atoms with E-state index in [4.69, 9.17) is 12.2 Å². The summed E-state index contributed by atoms with van der Waals surface area (Å²) in [5, 5.41) is 4.06. The van der Waals surface area contributed by atoms with E-state index >= 15 is 0 Å². The van der Waals surface area contributed by atoms with Crippen LogP contribution < -0.4 is 10.2 Å². The van der Waals surface area contributed by atoms with E-state index in [9.17, 15) is 4.39 Å². The van der Waals surface area contributed by atoms with Crippen LogP contribution in [0, 0.1) is 5.82 Å². The number of piperazine rings is 1. The molecular formula is C19H24FN4S+. The first-order valence-corrected chi connectivity index (χ1v) is 9.12. The number of thiocarbonyl (C=S) groups is 1. The normalized spacial score (nSPS) is 15.2. The van der Waals surface area contributed by atoms with E-state index in [0.717, 1.165) is 55.5 Å². The standard InChI is InChI=1S/C19H23FN4S/c20-17-6-4-16(5-7-17)15-22-19(25)24-13-11-23(12-14-24)10-8-18-3-1-2-9-21-18/h1-7,9H,8,10-15H2,(H,22,25)/p+1. The van der Waals surface area contributed by atoms with Crippen LogP contribution in [0.15, 0.2) is 48.7 Å². The van der Waals surface area contributed by atoms with Gasteiger partial charge in [0.2, 0.25) is 0 Å². The summed E-state index contributed by atoms with van der Waals surface area (Å²) in [4.78, 5) is 8.21. The zero-order valence-electron chi connectivity index (χ0n) is 14.2. The largest absolute Gasteiger partial charge is 0.358 e. The highest BCUT2D eigenvalue weighted by Gasteiger charge is 2.21.